The maximum Gasteiger partial charge on any atom is 0.233 e. The molecule has 8 heteroatoms. The van der Waals surface area contributed by atoms with Gasteiger partial charge in [0, 0.05) is 40.8 Å². The molecule has 4 atom stereocenters. The molecule has 1 fully saturated rings. The third-order valence-electron chi connectivity index (χ3n) is 9.78. The Labute approximate surface area is 266 Å². The van der Waals surface area contributed by atoms with Crippen LogP contribution >= 0.6 is 0 Å². The lowest BCUT2D eigenvalue weighted by atomic mass is 9.59. The molecule has 232 valence electrons. The molecule has 4 aliphatic rings. The number of carbonyl (C=O) groups is 4. The highest BCUT2D eigenvalue weighted by Crippen LogP contribution is 2.56. The van der Waals surface area contributed by atoms with Gasteiger partial charge in [0.25, 0.3) is 0 Å². The smallest absolute Gasteiger partial charge is 0.233 e. The minimum atomic E-state index is -0.744. The van der Waals surface area contributed by atoms with Crippen molar-refractivity contribution >= 4 is 23.4 Å². The SMILES string of the molecule is CC1=CC(=O)C2=C(C1=O)[C@@H](c1ccc(OCc3ccccc3)cc1O)C1=CC[C@@H]3C(=O)N(CCc4ccc(O)cc4)C(=O)[C@@H]3[C@@H]1C2. The van der Waals surface area contributed by atoms with Crippen molar-refractivity contribution in [2.75, 3.05) is 6.54 Å². The molecule has 0 unspecified atom stereocenters. The van der Waals surface area contributed by atoms with E-state index in [4.69, 9.17) is 4.74 Å². The van der Waals surface area contributed by atoms with Gasteiger partial charge in [-0.2, -0.15) is 0 Å². The first-order valence-electron chi connectivity index (χ1n) is 15.5. The number of imide groups is 1. The molecule has 3 aromatic rings. The molecule has 0 saturated carbocycles. The highest BCUT2D eigenvalue weighted by Gasteiger charge is 2.56. The molecule has 1 heterocycles. The van der Waals surface area contributed by atoms with Gasteiger partial charge in [0.05, 0.1) is 11.8 Å². The average Bonchev–Trinajstić information content (AvgIpc) is 3.30. The lowest BCUT2D eigenvalue weighted by Gasteiger charge is -2.42. The van der Waals surface area contributed by atoms with Crippen LogP contribution in [0.1, 0.15) is 42.4 Å². The van der Waals surface area contributed by atoms with Gasteiger partial charge in [-0.3, -0.25) is 24.1 Å². The molecule has 1 saturated heterocycles. The number of phenols is 2. The fourth-order valence-corrected chi connectivity index (χ4v) is 7.50. The van der Waals surface area contributed by atoms with Crippen LogP contribution in [0.4, 0.5) is 0 Å². The van der Waals surface area contributed by atoms with Gasteiger partial charge in [0.2, 0.25) is 11.8 Å². The molecule has 0 bridgehead atoms. The number of rotatable bonds is 7. The number of Topliss-reactive ketones (excluding diaryl/α,β-unsaturated/α-hetero) is 1. The van der Waals surface area contributed by atoms with E-state index < -0.39 is 23.7 Å². The summed E-state index contributed by atoms with van der Waals surface area (Å²) in [5, 5.41) is 21.0. The first kappa shape index (κ1) is 29.5. The molecule has 0 radical (unpaired) electrons. The molecule has 1 aliphatic heterocycles. The van der Waals surface area contributed by atoms with Gasteiger partial charge < -0.3 is 14.9 Å². The number of carbonyl (C=O) groups excluding carboxylic acids is 4. The van der Waals surface area contributed by atoms with Crippen LogP contribution in [0.25, 0.3) is 0 Å². The van der Waals surface area contributed by atoms with Gasteiger partial charge in [0.1, 0.15) is 23.9 Å². The first-order chi connectivity index (χ1) is 22.2. The van der Waals surface area contributed by atoms with Crippen LogP contribution in [-0.4, -0.2) is 45.0 Å². The molecule has 3 aromatic carbocycles. The fraction of sp³-hybridized carbons (Fsp3) is 0.263. The van der Waals surface area contributed by atoms with Crippen LogP contribution in [-0.2, 0) is 32.2 Å². The molecule has 8 nitrogen and oxygen atoms in total. The van der Waals surface area contributed by atoms with Crippen molar-refractivity contribution in [3.05, 3.63) is 124 Å². The zero-order chi connectivity index (χ0) is 32.1. The summed E-state index contributed by atoms with van der Waals surface area (Å²) in [5.41, 5.74) is 4.10. The van der Waals surface area contributed by atoms with E-state index in [0.717, 1.165) is 16.7 Å². The summed E-state index contributed by atoms with van der Waals surface area (Å²) in [6.45, 7) is 2.13. The van der Waals surface area contributed by atoms with Crippen molar-refractivity contribution in [1.29, 1.82) is 0 Å². The molecule has 0 aromatic heterocycles. The summed E-state index contributed by atoms with van der Waals surface area (Å²) in [5.74, 6) is -2.98. The lowest BCUT2D eigenvalue weighted by Crippen LogP contribution is -2.40. The maximum absolute atomic E-state index is 14.0. The number of hydrogen-bond donors (Lipinski definition) is 2. The minimum Gasteiger partial charge on any atom is -0.508 e. The van der Waals surface area contributed by atoms with Crippen LogP contribution in [0.5, 0.6) is 17.2 Å². The highest BCUT2D eigenvalue weighted by atomic mass is 16.5. The van der Waals surface area contributed by atoms with Gasteiger partial charge >= 0.3 is 0 Å². The van der Waals surface area contributed by atoms with Crippen LogP contribution in [0.2, 0.25) is 0 Å². The van der Waals surface area contributed by atoms with Gasteiger partial charge in [-0.1, -0.05) is 60.2 Å². The van der Waals surface area contributed by atoms with Crippen molar-refractivity contribution in [2.45, 2.75) is 38.7 Å². The Hall–Kier alpha value is -5.24. The maximum atomic E-state index is 14.0. The number of nitrogens with zero attached hydrogens (tertiary/aromatic N) is 1. The average molecular weight is 616 g/mol. The summed E-state index contributed by atoms with van der Waals surface area (Å²) >= 11 is 0. The van der Waals surface area contributed by atoms with E-state index in [1.54, 1.807) is 43.3 Å². The van der Waals surface area contributed by atoms with E-state index in [9.17, 15) is 29.4 Å². The summed E-state index contributed by atoms with van der Waals surface area (Å²) in [4.78, 5) is 56.0. The highest BCUT2D eigenvalue weighted by molar-refractivity contribution is 6.24. The van der Waals surface area contributed by atoms with Crippen LogP contribution in [0.15, 0.2) is 107 Å². The number of amides is 2. The van der Waals surface area contributed by atoms with Crippen molar-refractivity contribution in [1.82, 2.24) is 4.90 Å². The number of hydrogen-bond acceptors (Lipinski definition) is 7. The normalized spacial score (nSPS) is 23.9. The molecule has 46 heavy (non-hydrogen) atoms. The van der Waals surface area contributed by atoms with E-state index in [0.29, 0.717) is 47.5 Å². The Morgan fingerprint density at radius 2 is 1.63 bits per heavy atom. The van der Waals surface area contributed by atoms with Crippen LogP contribution in [0, 0.1) is 17.8 Å². The van der Waals surface area contributed by atoms with Crippen molar-refractivity contribution in [3.8, 4) is 17.2 Å². The number of ether oxygens (including phenoxy) is 1. The molecule has 2 amide bonds. The molecule has 3 aliphatic carbocycles. The second-order valence-corrected chi connectivity index (χ2v) is 12.5. The second-order valence-electron chi connectivity index (χ2n) is 12.5. The Balaban J connectivity index is 1.22. The predicted molar refractivity (Wildman–Crippen MR) is 169 cm³/mol. The summed E-state index contributed by atoms with van der Waals surface area (Å²) in [6, 6.07) is 21.3. The number of ketones is 2. The van der Waals surface area contributed by atoms with Crippen LogP contribution in [0.3, 0.4) is 0 Å². The van der Waals surface area contributed by atoms with Crippen molar-refractivity contribution in [3.63, 3.8) is 0 Å². The van der Waals surface area contributed by atoms with Gasteiger partial charge in [-0.05, 0) is 67.5 Å². The number of likely N-dealkylation sites (tertiary alicyclic amines) is 1. The number of benzene rings is 3. The summed E-state index contributed by atoms with van der Waals surface area (Å²) in [6.07, 6.45) is 4.24. The summed E-state index contributed by atoms with van der Waals surface area (Å²) < 4.78 is 5.92. The lowest BCUT2D eigenvalue weighted by molar-refractivity contribution is -0.140. The number of allylic oxidation sites excluding steroid dienone is 6. The van der Waals surface area contributed by atoms with Gasteiger partial charge in [-0.15, -0.1) is 0 Å². The van der Waals surface area contributed by atoms with Crippen molar-refractivity contribution in [2.24, 2.45) is 17.8 Å². The second kappa shape index (κ2) is 11.6. The van der Waals surface area contributed by atoms with E-state index >= 15 is 0 Å². The zero-order valence-electron chi connectivity index (χ0n) is 25.3. The molecule has 2 N–H and O–H groups in total. The molecule has 7 rings (SSSR count). The molecular formula is C38H33NO7. The minimum absolute atomic E-state index is 0.0807. The van der Waals surface area contributed by atoms with E-state index in [-0.39, 0.29) is 47.8 Å². The predicted octanol–water partition coefficient (Wildman–Crippen LogP) is 5.35. The van der Waals surface area contributed by atoms with Gasteiger partial charge in [0.15, 0.2) is 11.6 Å². The Morgan fingerprint density at radius 1 is 0.870 bits per heavy atom. The molecular weight excluding hydrogens is 582 g/mol. The topological polar surface area (TPSA) is 121 Å². The number of phenolic OH excluding ortho intramolecular Hbond substituents is 2. The Kier molecular flexibility index (Phi) is 7.43. The zero-order valence-corrected chi connectivity index (χ0v) is 25.3. The first-order valence-corrected chi connectivity index (χ1v) is 15.5. The third-order valence-corrected chi connectivity index (χ3v) is 9.78. The monoisotopic (exact) mass is 615 g/mol. The molecule has 0 spiro atoms. The van der Waals surface area contributed by atoms with Gasteiger partial charge in [-0.25, -0.2) is 0 Å². The fourth-order valence-electron chi connectivity index (χ4n) is 7.50. The van der Waals surface area contributed by atoms with E-state index in [1.807, 2.05) is 36.4 Å². The van der Waals surface area contributed by atoms with E-state index in [2.05, 4.69) is 0 Å². The number of fused-ring (bicyclic) bond motifs is 3. The Morgan fingerprint density at radius 3 is 2.37 bits per heavy atom. The van der Waals surface area contributed by atoms with Crippen LogP contribution < -0.4 is 4.74 Å². The largest absolute Gasteiger partial charge is 0.508 e. The van der Waals surface area contributed by atoms with Crippen molar-refractivity contribution < 1.29 is 34.1 Å². The van der Waals surface area contributed by atoms with E-state index in [1.165, 1.54) is 17.0 Å². The Bertz CT molecular complexity index is 1870. The third kappa shape index (κ3) is 5.04. The standard InChI is InChI=1S/C38H33NO7/c1-21-17-31(41)30-19-29-26(13-14-28-34(29)38(45)39(37(28)44)16-15-22-7-9-24(40)10-8-22)33(35(30)36(21)43)27-12-11-25(18-32(27)42)46-20-23-5-3-2-4-6-23/h2-13,17-18,28-29,33-34,40,42H,14-16,19-20H2,1H3/t28-,29+,33+,34-/m0/s1. The quantitative estimate of drug-likeness (QED) is 0.209. The summed E-state index contributed by atoms with van der Waals surface area (Å²) in [7, 11) is 0. The number of aromatic hydroxyl groups is 2.